The molecular formula is C22H29ClN4O5. The molecule has 0 radical (unpaired) electrons. The van der Waals surface area contributed by atoms with Gasteiger partial charge in [0.1, 0.15) is 11.6 Å². The van der Waals surface area contributed by atoms with Crippen LogP contribution < -0.4 is 15.9 Å². The van der Waals surface area contributed by atoms with Crippen molar-refractivity contribution < 1.29 is 23.9 Å². The van der Waals surface area contributed by atoms with Gasteiger partial charge in [-0.1, -0.05) is 19.9 Å². The molecule has 1 aromatic carbocycles. The van der Waals surface area contributed by atoms with E-state index in [9.17, 15) is 19.2 Å². The van der Waals surface area contributed by atoms with Crippen LogP contribution in [0.5, 0.6) is 5.75 Å². The van der Waals surface area contributed by atoms with Crippen molar-refractivity contribution in [2.45, 2.75) is 33.1 Å². The molecule has 32 heavy (non-hydrogen) atoms. The second-order valence-corrected chi connectivity index (χ2v) is 8.20. The zero-order chi connectivity index (χ0) is 23.8. The number of rotatable bonds is 11. The zero-order valence-corrected chi connectivity index (χ0v) is 19.2. The topological polar surface area (TPSA) is 135 Å². The largest absolute Gasteiger partial charge is 0.496 e. The average molecular weight is 465 g/mol. The van der Waals surface area contributed by atoms with Gasteiger partial charge in [0.2, 0.25) is 11.8 Å². The van der Waals surface area contributed by atoms with E-state index in [0.717, 1.165) is 15.9 Å². The maximum absolute atomic E-state index is 13.0. The lowest BCUT2D eigenvalue weighted by Crippen LogP contribution is -2.50. The number of hydrogen-bond acceptors (Lipinski definition) is 5. The lowest BCUT2D eigenvalue weighted by Gasteiger charge is -2.25. The Kier molecular flexibility index (Phi) is 9.07. The fourth-order valence-corrected chi connectivity index (χ4v) is 3.55. The summed E-state index contributed by atoms with van der Waals surface area (Å²) in [5, 5.41) is 1.75. The minimum absolute atomic E-state index is 0.0577. The number of nitrogens with zero attached hydrogens (tertiary/aromatic N) is 1. The summed E-state index contributed by atoms with van der Waals surface area (Å²) in [5.74, 6) is -2.21. The number of hydrazine groups is 1. The van der Waals surface area contributed by atoms with E-state index in [1.54, 1.807) is 19.2 Å². The molecule has 0 fully saturated rings. The van der Waals surface area contributed by atoms with Crippen molar-refractivity contribution in [1.29, 1.82) is 0 Å². The number of aromatic nitrogens is 1. The van der Waals surface area contributed by atoms with E-state index in [1.807, 2.05) is 26.0 Å². The van der Waals surface area contributed by atoms with Gasteiger partial charge in [0, 0.05) is 29.7 Å². The van der Waals surface area contributed by atoms with Crippen LogP contribution in [0, 0.1) is 11.8 Å². The Labute approximate surface area is 191 Å². The number of benzene rings is 1. The van der Waals surface area contributed by atoms with Gasteiger partial charge in [-0.25, -0.2) is 0 Å². The summed E-state index contributed by atoms with van der Waals surface area (Å²) in [6.07, 6.45) is 0.241. The number of primary amides is 1. The van der Waals surface area contributed by atoms with Gasteiger partial charge in [-0.2, -0.15) is 0 Å². The van der Waals surface area contributed by atoms with Crippen molar-refractivity contribution >= 4 is 46.0 Å². The van der Waals surface area contributed by atoms with Gasteiger partial charge < -0.3 is 15.5 Å². The lowest BCUT2D eigenvalue weighted by atomic mass is 9.91. The molecule has 4 N–H and O–H groups in total. The zero-order valence-electron chi connectivity index (χ0n) is 18.4. The number of H-pyrrole nitrogens is 1. The first kappa shape index (κ1) is 25.2. The van der Waals surface area contributed by atoms with Gasteiger partial charge in [0.25, 0.3) is 5.91 Å². The number of methoxy groups -OCH3 is 1. The Hall–Kier alpha value is -3.07. The van der Waals surface area contributed by atoms with Crippen molar-refractivity contribution in [2.24, 2.45) is 17.6 Å². The number of nitrogens with two attached hydrogens (primary N) is 1. The van der Waals surface area contributed by atoms with Crippen LogP contribution in [0.1, 0.15) is 43.6 Å². The smallest absolute Gasteiger partial charge is 0.255 e. The van der Waals surface area contributed by atoms with Crippen LogP contribution in [0.2, 0.25) is 0 Å². The molecule has 0 aliphatic heterocycles. The maximum Gasteiger partial charge on any atom is 0.255 e. The van der Waals surface area contributed by atoms with Crippen LogP contribution in [-0.2, 0) is 14.4 Å². The average Bonchev–Trinajstić information content (AvgIpc) is 3.19. The van der Waals surface area contributed by atoms with E-state index in [-0.39, 0.29) is 37.0 Å². The van der Waals surface area contributed by atoms with Crippen molar-refractivity contribution in [3.05, 3.63) is 30.0 Å². The number of Topliss-reactive ketones (excluding diaryl/α,β-unsaturated/α-hetero) is 1. The van der Waals surface area contributed by atoms with Crippen LogP contribution in [0.4, 0.5) is 0 Å². The summed E-state index contributed by atoms with van der Waals surface area (Å²) in [7, 11) is 1.55. The van der Waals surface area contributed by atoms with Crippen molar-refractivity contribution in [3.8, 4) is 5.75 Å². The second kappa shape index (κ2) is 11.5. The summed E-state index contributed by atoms with van der Waals surface area (Å²) in [6.45, 7) is 3.78. The lowest BCUT2D eigenvalue weighted by molar-refractivity contribution is -0.142. The first-order chi connectivity index (χ1) is 15.2. The fraction of sp³-hybridized carbons (Fsp3) is 0.455. The van der Waals surface area contributed by atoms with Crippen LogP contribution in [0.3, 0.4) is 0 Å². The van der Waals surface area contributed by atoms with Crippen LogP contribution in [0.25, 0.3) is 10.9 Å². The number of hydrogen-bond donors (Lipinski definition) is 3. The number of nitrogens with one attached hydrogen (secondary N) is 2. The third-order valence-electron chi connectivity index (χ3n) is 4.95. The van der Waals surface area contributed by atoms with Crippen molar-refractivity contribution in [2.75, 3.05) is 19.5 Å². The van der Waals surface area contributed by atoms with Crippen molar-refractivity contribution in [1.82, 2.24) is 15.4 Å². The first-order valence-electron chi connectivity index (χ1n) is 10.3. The summed E-state index contributed by atoms with van der Waals surface area (Å²) >= 11 is 5.61. The molecule has 0 aliphatic carbocycles. The Morgan fingerprint density at radius 2 is 1.97 bits per heavy atom. The normalized spacial score (nSPS) is 11.9. The number of amides is 3. The van der Waals surface area contributed by atoms with Crippen LogP contribution in [-0.4, -0.2) is 53.0 Å². The number of halogens is 1. The first-order valence-corrected chi connectivity index (χ1v) is 10.8. The second-order valence-electron chi connectivity index (χ2n) is 7.93. The molecule has 0 aliphatic rings. The maximum atomic E-state index is 13.0. The SMILES string of the molecule is COc1cccc2[nH]c(C(=O)C[C@@H](CC(C)C)C(=O)NN(CCC(N)=O)C(=O)CCl)cc12. The Bertz CT molecular complexity index is 988. The molecule has 2 aromatic rings. The van der Waals surface area contributed by atoms with E-state index in [0.29, 0.717) is 17.9 Å². The van der Waals surface area contributed by atoms with E-state index >= 15 is 0 Å². The summed E-state index contributed by atoms with van der Waals surface area (Å²) in [5.41, 5.74) is 8.76. The predicted molar refractivity (Wildman–Crippen MR) is 121 cm³/mol. The molecular weight excluding hydrogens is 436 g/mol. The number of carbonyl (C=O) groups excluding carboxylic acids is 4. The molecule has 0 unspecified atom stereocenters. The highest BCUT2D eigenvalue weighted by molar-refractivity contribution is 6.27. The predicted octanol–water partition coefficient (Wildman–Crippen LogP) is 2.39. The molecule has 174 valence electrons. The molecule has 0 spiro atoms. The molecule has 0 saturated heterocycles. The van der Waals surface area contributed by atoms with Gasteiger partial charge in [-0.15, -0.1) is 11.6 Å². The van der Waals surface area contributed by atoms with Crippen molar-refractivity contribution in [3.63, 3.8) is 0 Å². The van der Waals surface area contributed by atoms with Gasteiger partial charge in [0.15, 0.2) is 5.78 Å². The molecule has 1 aromatic heterocycles. The molecule has 2 rings (SSSR count). The van der Waals surface area contributed by atoms with Gasteiger partial charge >= 0.3 is 0 Å². The Balaban J connectivity index is 2.19. The number of fused-ring (bicyclic) bond motifs is 1. The monoisotopic (exact) mass is 464 g/mol. The van der Waals surface area contributed by atoms with Gasteiger partial charge in [0.05, 0.1) is 19.3 Å². The number of alkyl halides is 1. The highest BCUT2D eigenvalue weighted by Gasteiger charge is 2.27. The molecule has 1 atom stereocenters. The fourth-order valence-electron chi connectivity index (χ4n) is 3.40. The minimum atomic E-state index is -0.685. The standard InChI is InChI=1S/C22H29ClN4O5/c1-13(2)9-14(22(31)26-27(21(30)12-23)8-7-20(24)29)10-18(28)17-11-15-16(25-17)5-4-6-19(15)32-3/h4-6,11,13-14,25H,7-10,12H2,1-3H3,(H2,24,29)(H,26,31)/t14-/m1/s1. The minimum Gasteiger partial charge on any atom is -0.496 e. The highest BCUT2D eigenvalue weighted by Crippen LogP contribution is 2.27. The molecule has 10 heteroatoms. The summed E-state index contributed by atoms with van der Waals surface area (Å²) < 4.78 is 5.33. The molecule has 0 saturated carbocycles. The summed E-state index contributed by atoms with van der Waals surface area (Å²) in [4.78, 5) is 52.1. The molecule has 1 heterocycles. The third kappa shape index (κ3) is 6.71. The van der Waals surface area contributed by atoms with E-state index < -0.39 is 23.6 Å². The quantitative estimate of drug-likeness (QED) is 0.266. The molecule has 9 nitrogen and oxygen atoms in total. The third-order valence-corrected chi connectivity index (χ3v) is 5.17. The number of aromatic amines is 1. The number of ether oxygens (including phenoxy) is 1. The highest BCUT2D eigenvalue weighted by atomic mass is 35.5. The van der Waals surface area contributed by atoms with Gasteiger partial charge in [-0.05, 0) is 30.5 Å². The Morgan fingerprint density at radius 1 is 1.25 bits per heavy atom. The number of ketones is 1. The van der Waals surface area contributed by atoms with Gasteiger partial charge in [-0.3, -0.25) is 29.6 Å². The van der Waals surface area contributed by atoms with Crippen LogP contribution >= 0.6 is 11.6 Å². The van der Waals surface area contributed by atoms with E-state index in [4.69, 9.17) is 22.1 Å². The number of carbonyl (C=O) groups is 4. The molecule has 0 bridgehead atoms. The van der Waals surface area contributed by atoms with E-state index in [2.05, 4.69) is 10.4 Å². The molecule has 3 amide bonds. The van der Waals surface area contributed by atoms with Crippen LogP contribution in [0.15, 0.2) is 24.3 Å². The van der Waals surface area contributed by atoms with E-state index in [1.165, 1.54) is 0 Å². The Morgan fingerprint density at radius 3 is 2.56 bits per heavy atom. The summed E-state index contributed by atoms with van der Waals surface area (Å²) in [6, 6.07) is 7.15.